The fourth-order valence-corrected chi connectivity index (χ4v) is 3.69. The molecule has 1 amide bonds. The van der Waals surface area contributed by atoms with Crippen molar-refractivity contribution in [3.8, 4) is 0 Å². The molecule has 0 unspecified atom stereocenters. The van der Waals surface area contributed by atoms with Gasteiger partial charge in [0.2, 0.25) is 0 Å². The Morgan fingerprint density at radius 1 is 1.00 bits per heavy atom. The van der Waals surface area contributed by atoms with Crippen molar-refractivity contribution in [2.24, 2.45) is 4.99 Å². The molecule has 0 radical (unpaired) electrons. The lowest BCUT2D eigenvalue weighted by atomic mass is 10.2. The van der Waals surface area contributed by atoms with E-state index in [9.17, 15) is 4.79 Å². The zero-order chi connectivity index (χ0) is 21.5. The summed E-state index contributed by atoms with van der Waals surface area (Å²) in [6, 6.07) is 21.6. The number of aliphatic imine (C=N–C) groups is 1. The number of carbonyl (C=O) groups is 1. The molecule has 0 atom stereocenters. The number of piperazine rings is 1. The van der Waals surface area contributed by atoms with Gasteiger partial charge in [0.25, 0.3) is 5.91 Å². The average molecular weight is 418 g/mol. The summed E-state index contributed by atoms with van der Waals surface area (Å²) < 4.78 is 5.15. The first-order valence-electron chi connectivity index (χ1n) is 10.4. The number of benzene rings is 2. The molecule has 1 saturated heterocycles. The minimum Gasteiger partial charge on any atom is -0.459 e. The molecule has 2 aromatic carbocycles. The van der Waals surface area contributed by atoms with Gasteiger partial charge in [0.1, 0.15) is 0 Å². The van der Waals surface area contributed by atoms with Gasteiger partial charge in [0.05, 0.1) is 6.26 Å². The van der Waals surface area contributed by atoms with E-state index in [1.165, 1.54) is 12.0 Å². The Hall–Kier alpha value is -3.74. The number of nitrogens with one attached hydrogen (secondary N) is 2. The van der Waals surface area contributed by atoms with E-state index in [1.807, 2.05) is 37.4 Å². The smallest absolute Gasteiger partial charge is 0.291 e. The van der Waals surface area contributed by atoms with Crippen molar-refractivity contribution >= 4 is 23.2 Å². The van der Waals surface area contributed by atoms with Gasteiger partial charge in [-0.3, -0.25) is 9.79 Å². The molecule has 7 heteroatoms. The minimum absolute atomic E-state index is 0.262. The first-order valence-corrected chi connectivity index (χ1v) is 10.4. The lowest BCUT2D eigenvalue weighted by Crippen LogP contribution is -2.52. The van der Waals surface area contributed by atoms with E-state index in [-0.39, 0.29) is 5.91 Å². The lowest BCUT2D eigenvalue weighted by Gasteiger charge is -2.37. The van der Waals surface area contributed by atoms with Gasteiger partial charge in [-0.15, -0.1) is 0 Å². The molecular weight excluding hydrogens is 390 g/mol. The summed E-state index contributed by atoms with van der Waals surface area (Å²) in [5.41, 5.74) is 3.05. The van der Waals surface area contributed by atoms with Crippen LogP contribution in [-0.4, -0.2) is 50.0 Å². The highest BCUT2D eigenvalue weighted by Crippen LogP contribution is 2.16. The number of amides is 1. The molecule has 0 saturated carbocycles. The number of furan rings is 1. The minimum atomic E-state index is -0.262. The normalized spacial score (nSPS) is 14.4. The van der Waals surface area contributed by atoms with Crippen molar-refractivity contribution in [1.29, 1.82) is 0 Å². The molecule has 3 aromatic rings. The molecule has 0 spiro atoms. The maximum absolute atomic E-state index is 12.2. The highest BCUT2D eigenvalue weighted by Gasteiger charge is 2.19. The summed E-state index contributed by atoms with van der Waals surface area (Å²) in [5, 5.41) is 6.31. The predicted molar refractivity (Wildman–Crippen MR) is 124 cm³/mol. The molecule has 2 heterocycles. The van der Waals surface area contributed by atoms with Crippen molar-refractivity contribution in [3.63, 3.8) is 0 Å². The standard InChI is InChI=1S/C24H27N5O2/c1-25-24(29-14-12-28(13-15-29)21-9-3-2-4-10-21)26-18-19-7-5-8-20(17-19)27-23(30)22-11-6-16-31-22/h2-11,16-17H,12-15,18H2,1H3,(H,25,26)(H,27,30). The van der Waals surface area contributed by atoms with Crippen molar-refractivity contribution in [2.75, 3.05) is 43.4 Å². The third-order valence-corrected chi connectivity index (χ3v) is 5.29. The number of guanidine groups is 1. The third-order valence-electron chi connectivity index (χ3n) is 5.29. The summed E-state index contributed by atoms with van der Waals surface area (Å²) in [4.78, 5) is 21.3. The maximum atomic E-state index is 12.2. The molecule has 0 aliphatic carbocycles. The molecule has 0 bridgehead atoms. The lowest BCUT2D eigenvalue weighted by molar-refractivity contribution is 0.0996. The van der Waals surface area contributed by atoms with E-state index in [1.54, 1.807) is 12.1 Å². The Balaban J connectivity index is 1.30. The van der Waals surface area contributed by atoms with Crippen LogP contribution in [0, 0.1) is 0 Å². The van der Waals surface area contributed by atoms with Crippen LogP contribution in [0.15, 0.2) is 82.4 Å². The van der Waals surface area contributed by atoms with Gasteiger partial charge < -0.3 is 24.9 Å². The summed E-state index contributed by atoms with van der Waals surface area (Å²) in [6.07, 6.45) is 1.49. The molecule has 31 heavy (non-hydrogen) atoms. The molecule has 1 aromatic heterocycles. The van der Waals surface area contributed by atoms with Crippen LogP contribution in [0.4, 0.5) is 11.4 Å². The molecule has 1 aliphatic rings. The second-order valence-electron chi connectivity index (χ2n) is 7.34. The Morgan fingerprint density at radius 3 is 2.52 bits per heavy atom. The summed E-state index contributed by atoms with van der Waals surface area (Å²) in [5.74, 6) is 0.915. The summed E-state index contributed by atoms with van der Waals surface area (Å²) in [6.45, 7) is 4.36. The van der Waals surface area contributed by atoms with Crippen LogP contribution in [0.3, 0.4) is 0 Å². The summed E-state index contributed by atoms with van der Waals surface area (Å²) in [7, 11) is 1.81. The number of carbonyl (C=O) groups excluding carboxylic acids is 1. The van der Waals surface area contributed by atoms with Crippen LogP contribution in [0.1, 0.15) is 16.1 Å². The largest absolute Gasteiger partial charge is 0.459 e. The number of anilines is 2. The Kier molecular flexibility index (Phi) is 6.52. The average Bonchev–Trinajstić information content (AvgIpc) is 3.36. The monoisotopic (exact) mass is 417 g/mol. The molecule has 4 rings (SSSR count). The van der Waals surface area contributed by atoms with Gasteiger partial charge in [0.15, 0.2) is 11.7 Å². The first-order chi connectivity index (χ1) is 15.2. The first kappa shape index (κ1) is 20.5. The SMILES string of the molecule is CN=C(NCc1cccc(NC(=O)c2ccco2)c1)N1CCN(c2ccccc2)CC1. The fourth-order valence-electron chi connectivity index (χ4n) is 3.69. The molecule has 1 aliphatic heterocycles. The second-order valence-corrected chi connectivity index (χ2v) is 7.34. The number of hydrogen-bond donors (Lipinski definition) is 2. The second kappa shape index (κ2) is 9.84. The van der Waals surface area contributed by atoms with Crippen molar-refractivity contribution < 1.29 is 9.21 Å². The van der Waals surface area contributed by atoms with E-state index >= 15 is 0 Å². The Bertz CT molecular complexity index is 1010. The van der Waals surface area contributed by atoms with Gasteiger partial charge >= 0.3 is 0 Å². The third kappa shape index (κ3) is 5.25. The van der Waals surface area contributed by atoms with Gasteiger partial charge in [0, 0.05) is 51.1 Å². The van der Waals surface area contributed by atoms with Crippen LogP contribution in [0.2, 0.25) is 0 Å². The van der Waals surface area contributed by atoms with E-state index in [0.717, 1.165) is 43.4 Å². The van der Waals surface area contributed by atoms with Crippen LogP contribution in [0.5, 0.6) is 0 Å². The van der Waals surface area contributed by atoms with Crippen LogP contribution in [0.25, 0.3) is 0 Å². The molecule has 1 fully saturated rings. The maximum Gasteiger partial charge on any atom is 0.291 e. The number of rotatable bonds is 5. The number of para-hydroxylation sites is 1. The van der Waals surface area contributed by atoms with Crippen LogP contribution in [-0.2, 0) is 6.54 Å². The molecule has 7 nitrogen and oxygen atoms in total. The summed E-state index contributed by atoms with van der Waals surface area (Å²) >= 11 is 0. The number of nitrogens with zero attached hydrogens (tertiary/aromatic N) is 3. The number of hydrogen-bond acceptors (Lipinski definition) is 4. The van der Waals surface area contributed by atoms with E-state index in [4.69, 9.17) is 4.42 Å². The molecular formula is C24H27N5O2. The van der Waals surface area contributed by atoms with Crippen molar-refractivity contribution in [1.82, 2.24) is 10.2 Å². The van der Waals surface area contributed by atoms with E-state index in [2.05, 4.69) is 49.7 Å². The quantitative estimate of drug-likeness (QED) is 0.492. The van der Waals surface area contributed by atoms with Gasteiger partial charge in [-0.1, -0.05) is 30.3 Å². The van der Waals surface area contributed by atoms with E-state index < -0.39 is 0 Å². The van der Waals surface area contributed by atoms with Crippen molar-refractivity contribution in [3.05, 3.63) is 84.3 Å². The topological polar surface area (TPSA) is 73.1 Å². The Morgan fingerprint density at radius 2 is 1.81 bits per heavy atom. The zero-order valence-electron chi connectivity index (χ0n) is 17.6. The van der Waals surface area contributed by atoms with Crippen LogP contribution < -0.4 is 15.5 Å². The molecule has 2 N–H and O–H groups in total. The zero-order valence-corrected chi connectivity index (χ0v) is 17.6. The molecule has 160 valence electrons. The highest BCUT2D eigenvalue weighted by molar-refractivity contribution is 6.02. The van der Waals surface area contributed by atoms with Gasteiger partial charge in [-0.05, 0) is 42.0 Å². The highest BCUT2D eigenvalue weighted by atomic mass is 16.3. The van der Waals surface area contributed by atoms with Crippen molar-refractivity contribution in [2.45, 2.75) is 6.54 Å². The van der Waals surface area contributed by atoms with E-state index in [0.29, 0.717) is 12.3 Å². The fraction of sp³-hybridized carbons (Fsp3) is 0.250. The predicted octanol–water partition coefficient (Wildman–Crippen LogP) is 3.43. The van der Waals surface area contributed by atoms with Gasteiger partial charge in [-0.25, -0.2) is 0 Å². The van der Waals surface area contributed by atoms with Gasteiger partial charge in [-0.2, -0.15) is 0 Å². The van der Waals surface area contributed by atoms with Crippen LogP contribution >= 0.6 is 0 Å². The Labute approximate surface area is 182 Å².